The van der Waals surface area contributed by atoms with Gasteiger partial charge in [0.15, 0.2) is 5.16 Å². The molecule has 2 amide bonds. The molecule has 0 spiro atoms. The Morgan fingerprint density at radius 3 is 3.15 bits per heavy atom. The van der Waals surface area contributed by atoms with Gasteiger partial charge in [-0.05, 0) is 6.07 Å². The summed E-state index contributed by atoms with van der Waals surface area (Å²) in [4.78, 5) is 30.7. The maximum absolute atomic E-state index is 12.3. The fraction of sp³-hybridized carbons (Fsp3) is 0.471. The molecule has 0 radical (unpaired) electrons. The molecule has 3 heterocycles. The third-order valence-electron chi connectivity index (χ3n) is 4.22. The maximum atomic E-state index is 12.3. The van der Waals surface area contributed by atoms with Crippen LogP contribution in [0.2, 0.25) is 0 Å². The Morgan fingerprint density at radius 1 is 1.54 bits per heavy atom. The lowest BCUT2D eigenvalue weighted by molar-refractivity contribution is -0.134. The molecule has 1 atom stereocenters. The van der Waals surface area contributed by atoms with Crippen LogP contribution >= 0.6 is 11.8 Å². The SMILES string of the molecule is Cn1ccnc1SCCNC(=O)C[C@@H]1C(=O)NCCN1Cc1ccoc1. The maximum Gasteiger partial charge on any atom is 0.237 e. The lowest BCUT2D eigenvalue weighted by Gasteiger charge is -2.34. The highest BCUT2D eigenvalue weighted by atomic mass is 32.2. The molecule has 0 aliphatic carbocycles. The Hall–Kier alpha value is -2.26. The third-order valence-corrected chi connectivity index (χ3v) is 5.28. The zero-order valence-corrected chi connectivity index (χ0v) is 15.5. The van der Waals surface area contributed by atoms with E-state index in [1.165, 1.54) is 0 Å². The van der Waals surface area contributed by atoms with Crippen molar-refractivity contribution in [1.82, 2.24) is 25.1 Å². The van der Waals surface area contributed by atoms with Crippen LogP contribution in [0.3, 0.4) is 0 Å². The summed E-state index contributed by atoms with van der Waals surface area (Å²) in [5.74, 6) is 0.508. The summed E-state index contributed by atoms with van der Waals surface area (Å²) in [5.41, 5.74) is 0.997. The number of thioether (sulfide) groups is 1. The van der Waals surface area contributed by atoms with Crippen molar-refractivity contribution in [3.63, 3.8) is 0 Å². The van der Waals surface area contributed by atoms with Crippen LogP contribution in [0.15, 0.2) is 40.6 Å². The minimum atomic E-state index is -0.458. The highest BCUT2D eigenvalue weighted by molar-refractivity contribution is 7.99. The van der Waals surface area contributed by atoms with E-state index in [-0.39, 0.29) is 18.2 Å². The lowest BCUT2D eigenvalue weighted by atomic mass is 10.1. The van der Waals surface area contributed by atoms with Crippen LogP contribution in [-0.4, -0.2) is 57.7 Å². The highest BCUT2D eigenvalue weighted by Gasteiger charge is 2.31. The van der Waals surface area contributed by atoms with E-state index in [1.807, 2.05) is 28.8 Å². The van der Waals surface area contributed by atoms with E-state index >= 15 is 0 Å². The summed E-state index contributed by atoms with van der Waals surface area (Å²) < 4.78 is 7.03. The smallest absolute Gasteiger partial charge is 0.237 e. The van der Waals surface area contributed by atoms with Gasteiger partial charge in [0.25, 0.3) is 0 Å². The largest absolute Gasteiger partial charge is 0.472 e. The Bertz CT molecular complexity index is 731. The number of imidazole rings is 1. The van der Waals surface area contributed by atoms with Gasteiger partial charge in [-0.25, -0.2) is 4.98 Å². The first kappa shape index (κ1) is 18.5. The molecule has 3 rings (SSSR count). The van der Waals surface area contributed by atoms with E-state index in [0.29, 0.717) is 26.2 Å². The average molecular weight is 377 g/mol. The van der Waals surface area contributed by atoms with Gasteiger partial charge in [-0.15, -0.1) is 0 Å². The molecular formula is C17H23N5O3S. The zero-order chi connectivity index (χ0) is 18.4. The van der Waals surface area contributed by atoms with Crippen LogP contribution in [0, 0.1) is 0 Å². The second kappa shape index (κ2) is 8.91. The van der Waals surface area contributed by atoms with Crippen LogP contribution in [0.5, 0.6) is 0 Å². The minimum absolute atomic E-state index is 0.0997. The molecule has 1 aliphatic rings. The number of amides is 2. The van der Waals surface area contributed by atoms with E-state index < -0.39 is 6.04 Å². The van der Waals surface area contributed by atoms with Crippen LogP contribution < -0.4 is 10.6 Å². The van der Waals surface area contributed by atoms with Gasteiger partial charge in [0, 0.05) is 56.9 Å². The fourth-order valence-electron chi connectivity index (χ4n) is 2.86. The standard InChI is InChI=1S/C17H23N5O3S/c1-21-6-3-20-17(21)26-9-5-18-15(23)10-14-16(24)19-4-7-22(14)11-13-2-8-25-12-13/h2-3,6,8,12,14H,4-5,7,9-11H2,1H3,(H,18,23)(H,19,24)/t14-/m1/s1. The van der Waals surface area contributed by atoms with Gasteiger partial charge in [-0.1, -0.05) is 11.8 Å². The van der Waals surface area contributed by atoms with Crippen molar-refractivity contribution in [2.45, 2.75) is 24.2 Å². The summed E-state index contributed by atoms with van der Waals surface area (Å²) in [6.07, 6.45) is 7.06. The monoisotopic (exact) mass is 377 g/mol. The summed E-state index contributed by atoms with van der Waals surface area (Å²) >= 11 is 1.58. The van der Waals surface area contributed by atoms with Crippen molar-refractivity contribution in [3.8, 4) is 0 Å². The summed E-state index contributed by atoms with van der Waals surface area (Å²) in [6.45, 7) is 2.43. The molecule has 0 saturated carbocycles. The van der Waals surface area contributed by atoms with Gasteiger partial charge >= 0.3 is 0 Å². The molecule has 0 aromatic carbocycles. The Kier molecular flexibility index (Phi) is 6.35. The molecule has 2 N–H and O–H groups in total. The van der Waals surface area contributed by atoms with E-state index in [9.17, 15) is 9.59 Å². The number of furan rings is 1. The lowest BCUT2D eigenvalue weighted by Crippen LogP contribution is -2.56. The molecule has 8 nitrogen and oxygen atoms in total. The number of aryl methyl sites for hydroxylation is 1. The summed E-state index contributed by atoms with van der Waals surface area (Å²) in [7, 11) is 1.93. The van der Waals surface area contributed by atoms with Gasteiger partial charge in [0.2, 0.25) is 11.8 Å². The third kappa shape index (κ3) is 4.89. The molecule has 0 bridgehead atoms. The zero-order valence-electron chi connectivity index (χ0n) is 14.7. The molecule has 2 aromatic rings. The van der Waals surface area contributed by atoms with E-state index in [1.54, 1.807) is 30.5 Å². The number of rotatable bonds is 8. The van der Waals surface area contributed by atoms with Crippen molar-refractivity contribution in [2.75, 3.05) is 25.4 Å². The number of hydrogen-bond donors (Lipinski definition) is 2. The van der Waals surface area contributed by atoms with Crippen LogP contribution in [-0.2, 0) is 23.2 Å². The summed E-state index contributed by atoms with van der Waals surface area (Å²) in [5, 5.41) is 6.64. The first-order valence-electron chi connectivity index (χ1n) is 8.53. The number of carbonyl (C=O) groups is 2. The van der Waals surface area contributed by atoms with E-state index in [4.69, 9.17) is 4.42 Å². The molecule has 140 valence electrons. The number of aromatic nitrogens is 2. The topological polar surface area (TPSA) is 92.4 Å². The second-order valence-corrected chi connectivity index (χ2v) is 7.19. The Morgan fingerprint density at radius 2 is 2.42 bits per heavy atom. The molecule has 2 aromatic heterocycles. The van der Waals surface area contributed by atoms with E-state index in [0.717, 1.165) is 16.5 Å². The van der Waals surface area contributed by atoms with Gasteiger partial charge in [0.1, 0.15) is 0 Å². The highest BCUT2D eigenvalue weighted by Crippen LogP contribution is 2.15. The van der Waals surface area contributed by atoms with Gasteiger partial charge in [-0.3, -0.25) is 14.5 Å². The van der Waals surface area contributed by atoms with Crippen molar-refractivity contribution in [2.24, 2.45) is 7.05 Å². The molecule has 9 heteroatoms. The van der Waals surface area contributed by atoms with E-state index in [2.05, 4.69) is 15.6 Å². The number of carbonyl (C=O) groups excluding carboxylic acids is 2. The minimum Gasteiger partial charge on any atom is -0.472 e. The number of nitrogens with zero attached hydrogens (tertiary/aromatic N) is 3. The Balaban J connectivity index is 1.46. The Labute approximate surface area is 156 Å². The number of piperazine rings is 1. The average Bonchev–Trinajstić information content (AvgIpc) is 3.27. The fourth-order valence-corrected chi connectivity index (χ4v) is 3.65. The van der Waals surface area contributed by atoms with Gasteiger partial charge in [-0.2, -0.15) is 0 Å². The predicted octanol–water partition coefficient (Wildman–Crippen LogP) is 0.612. The van der Waals surface area contributed by atoms with Gasteiger partial charge < -0.3 is 19.6 Å². The van der Waals surface area contributed by atoms with Gasteiger partial charge in [0.05, 0.1) is 25.0 Å². The van der Waals surface area contributed by atoms with Crippen molar-refractivity contribution >= 4 is 23.6 Å². The first-order chi connectivity index (χ1) is 12.6. The normalized spacial score (nSPS) is 17.9. The molecule has 26 heavy (non-hydrogen) atoms. The number of hydrogen-bond acceptors (Lipinski definition) is 6. The van der Waals surface area contributed by atoms with Crippen LogP contribution in [0.1, 0.15) is 12.0 Å². The van der Waals surface area contributed by atoms with Crippen LogP contribution in [0.4, 0.5) is 0 Å². The molecule has 1 aliphatic heterocycles. The number of nitrogens with one attached hydrogen (secondary N) is 2. The molecular weight excluding hydrogens is 354 g/mol. The van der Waals surface area contributed by atoms with Crippen molar-refractivity contribution < 1.29 is 14.0 Å². The van der Waals surface area contributed by atoms with Crippen molar-refractivity contribution in [3.05, 3.63) is 36.5 Å². The van der Waals surface area contributed by atoms with Crippen molar-refractivity contribution in [1.29, 1.82) is 0 Å². The predicted molar refractivity (Wildman–Crippen MR) is 97.5 cm³/mol. The first-order valence-corrected chi connectivity index (χ1v) is 9.51. The molecule has 1 fully saturated rings. The summed E-state index contributed by atoms with van der Waals surface area (Å²) in [6, 6.07) is 1.42. The van der Waals surface area contributed by atoms with Crippen LogP contribution in [0.25, 0.3) is 0 Å². The molecule has 0 unspecified atom stereocenters. The second-order valence-electron chi connectivity index (χ2n) is 6.13. The quantitative estimate of drug-likeness (QED) is 0.517. The molecule has 1 saturated heterocycles.